The second-order valence-electron chi connectivity index (χ2n) is 3.46. The zero-order valence-corrected chi connectivity index (χ0v) is 8.80. The number of rotatable bonds is 3. The van der Waals surface area contributed by atoms with Crippen LogP contribution in [0, 0.1) is 6.92 Å². The van der Waals surface area contributed by atoms with Crippen molar-refractivity contribution in [2.75, 3.05) is 13.1 Å². The fraction of sp³-hybridized carbons (Fsp3) is 0.556. The molecule has 1 aliphatic heterocycles. The largest absolute Gasteiger partial charge is 0.477 e. The third-order valence-electron chi connectivity index (χ3n) is 2.34. The number of carboxylic acids is 1. The number of aryl methyl sites for hydroxylation is 1. The number of nitrogens with zero attached hydrogens (tertiary/aromatic N) is 2. The zero-order chi connectivity index (χ0) is 10.1. The van der Waals surface area contributed by atoms with Gasteiger partial charge in [-0.15, -0.1) is 11.3 Å². The van der Waals surface area contributed by atoms with Gasteiger partial charge in [-0.25, -0.2) is 9.78 Å². The molecule has 4 nitrogen and oxygen atoms in total. The van der Waals surface area contributed by atoms with Gasteiger partial charge in [0.05, 0.1) is 12.2 Å². The average Bonchev–Trinajstić information content (AvgIpc) is 2.39. The molecule has 0 spiro atoms. The molecule has 1 aliphatic rings. The molecule has 1 saturated heterocycles. The number of hydrogen-bond donors (Lipinski definition) is 1. The van der Waals surface area contributed by atoms with Gasteiger partial charge in [-0.1, -0.05) is 0 Å². The van der Waals surface area contributed by atoms with E-state index in [4.69, 9.17) is 5.11 Å². The average molecular weight is 212 g/mol. The monoisotopic (exact) mass is 212 g/mol. The Morgan fingerprint density at radius 1 is 1.64 bits per heavy atom. The first-order chi connectivity index (χ1) is 6.66. The van der Waals surface area contributed by atoms with Gasteiger partial charge in [-0.3, -0.25) is 4.90 Å². The molecule has 1 aromatic rings. The highest BCUT2D eigenvalue weighted by Gasteiger charge is 2.18. The van der Waals surface area contributed by atoms with Crippen molar-refractivity contribution < 1.29 is 9.90 Å². The third kappa shape index (κ3) is 1.78. The number of carboxylic acid groups (broad SMARTS) is 1. The first kappa shape index (κ1) is 9.61. The molecule has 5 heteroatoms. The predicted molar refractivity (Wildman–Crippen MR) is 53.7 cm³/mol. The Labute approximate surface area is 86.2 Å². The van der Waals surface area contributed by atoms with Crippen LogP contribution in [0.2, 0.25) is 0 Å². The summed E-state index contributed by atoms with van der Waals surface area (Å²) < 4.78 is 0. The third-order valence-corrected chi connectivity index (χ3v) is 3.47. The maximum Gasteiger partial charge on any atom is 0.347 e. The lowest BCUT2D eigenvalue weighted by Crippen LogP contribution is -2.36. The van der Waals surface area contributed by atoms with E-state index >= 15 is 0 Å². The molecule has 0 aromatic carbocycles. The second kappa shape index (κ2) is 3.67. The Balaban J connectivity index is 2.10. The fourth-order valence-electron chi connectivity index (χ4n) is 1.45. The maximum atomic E-state index is 10.8. The van der Waals surface area contributed by atoms with Crippen molar-refractivity contribution in [3.8, 4) is 0 Å². The van der Waals surface area contributed by atoms with E-state index in [1.165, 1.54) is 17.8 Å². The van der Waals surface area contributed by atoms with Gasteiger partial charge in [-0.2, -0.15) is 0 Å². The number of hydrogen-bond acceptors (Lipinski definition) is 4. The molecule has 1 aromatic heterocycles. The first-order valence-electron chi connectivity index (χ1n) is 4.59. The van der Waals surface area contributed by atoms with E-state index in [0.29, 0.717) is 10.6 Å². The van der Waals surface area contributed by atoms with E-state index in [-0.39, 0.29) is 0 Å². The minimum Gasteiger partial charge on any atom is -0.477 e. The summed E-state index contributed by atoms with van der Waals surface area (Å²) in [4.78, 5) is 17.7. The normalized spacial score (nSPS) is 16.6. The van der Waals surface area contributed by atoms with Crippen molar-refractivity contribution in [1.82, 2.24) is 9.88 Å². The fourth-order valence-corrected chi connectivity index (χ4v) is 2.40. The highest BCUT2D eigenvalue weighted by atomic mass is 32.1. The summed E-state index contributed by atoms with van der Waals surface area (Å²) in [5.41, 5.74) is 0.637. The summed E-state index contributed by atoms with van der Waals surface area (Å²) in [6.07, 6.45) is 1.25. The molecule has 1 N–H and O–H groups in total. The van der Waals surface area contributed by atoms with Crippen LogP contribution in [-0.4, -0.2) is 34.0 Å². The molecule has 0 amide bonds. The minimum absolute atomic E-state index is 0.375. The van der Waals surface area contributed by atoms with Crippen LogP contribution in [-0.2, 0) is 6.54 Å². The molecule has 0 saturated carbocycles. The van der Waals surface area contributed by atoms with Gasteiger partial charge in [0.2, 0.25) is 0 Å². The summed E-state index contributed by atoms with van der Waals surface area (Å²) >= 11 is 1.29. The van der Waals surface area contributed by atoms with Gasteiger partial charge in [0, 0.05) is 0 Å². The second-order valence-corrected chi connectivity index (χ2v) is 4.54. The van der Waals surface area contributed by atoms with Crippen LogP contribution in [0.5, 0.6) is 0 Å². The topological polar surface area (TPSA) is 53.4 Å². The van der Waals surface area contributed by atoms with Crippen LogP contribution in [0.25, 0.3) is 0 Å². The van der Waals surface area contributed by atoms with E-state index in [0.717, 1.165) is 24.6 Å². The molecule has 0 atom stereocenters. The van der Waals surface area contributed by atoms with Crippen molar-refractivity contribution in [3.05, 3.63) is 15.6 Å². The summed E-state index contributed by atoms with van der Waals surface area (Å²) in [5.74, 6) is -0.866. The molecular weight excluding hydrogens is 200 g/mol. The van der Waals surface area contributed by atoms with Gasteiger partial charge in [0.1, 0.15) is 9.88 Å². The van der Waals surface area contributed by atoms with Crippen LogP contribution in [0.15, 0.2) is 0 Å². The smallest absolute Gasteiger partial charge is 0.347 e. The molecule has 2 rings (SSSR count). The van der Waals surface area contributed by atoms with Crippen molar-refractivity contribution in [2.24, 2.45) is 0 Å². The lowest BCUT2D eigenvalue weighted by atomic mass is 10.2. The molecule has 1 fully saturated rings. The minimum atomic E-state index is -0.866. The Hall–Kier alpha value is -0.940. The van der Waals surface area contributed by atoms with Gasteiger partial charge >= 0.3 is 5.97 Å². The van der Waals surface area contributed by atoms with E-state index in [2.05, 4.69) is 9.88 Å². The van der Waals surface area contributed by atoms with Crippen molar-refractivity contribution in [2.45, 2.75) is 19.9 Å². The van der Waals surface area contributed by atoms with E-state index in [9.17, 15) is 4.79 Å². The lowest BCUT2D eigenvalue weighted by Gasteiger charge is -2.29. The maximum absolute atomic E-state index is 10.8. The Morgan fingerprint density at radius 2 is 2.36 bits per heavy atom. The SMILES string of the molecule is Cc1nc(CN2CCC2)sc1C(=O)O. The first-order valence-corrected chi connectivity index (χ1v) is 5.40. The summed E-state index contributed by atoms with van der Waals surface area (Å²) in [6.45, 7) is 4.78. The molecular formula is C9H12N2O2S. The van der Waals surface area contributed by atoms with Crippen LogP contribution < -0.4 is 0 Å². The Kier molecular flexibility index (Phi) is 2.52. The molecule has 0 aliphatic carbocycles. The van der Waals surface area contributed by atoms with Gasteiger partial charge in [0.25, 0.3) is 0 Å². The lowest BCUT2D eigenvalue weighted by molar-refractivity contribution is 0.0701. The number of likely N-dealkylation sites (tertiary alicyclic amines) is 1. The molecule has 14 heavy (non-hydrogen) atoms. The highest BCUT2D eigenvalue weighted by molar-refractivity contribution is 7.13. The van der Waals surface area contributed by atoms with Crippen LogP contribution >= 0.6 is 11.3 Å². The highest BCUT2D eigenvalue weighted by Crippen LogP contribution is 2.21. The van der Waals surface area contributed by atoms with Crippen molar-refractivity contribution in [1.29, 1.82) is 0 Å². The number of thiazole rings is 1. The quantitative estimate of drug-likeness (QED) is 0.821. The summed E-state index contributed by atoms with van der Waals surface area (Å²) in [7, 11) is 0. The van der Waals surface area contributed by atoms with Crippen LogP contribution in [0.3, 0.4) is 0 Å². The van der Waals surface area contributed by atoms with Gasteiger partial charge in [0.15, 0.2) is 0 Å². The Morgan fingerprint density at radius 3 is 2.79 bits per heavy atom. The summed E-state index contributed by atoms with van der Waals surface area (Å²) in [6, 6.07) is 0. The van der Waals surface area contributed by atoms with Gasteiger partial charge in [-0.05, 0) is 26.4 Å². The van der Waals surface area contributed by atoms with Gasteiger partial charge < -0.3 is 5.11 Å². The zero-order valence-electron chi connectivity index (χ0n) is 7.99. The van der Waals surface area contributed by atoms with Crippen molar-refractivity contribution >= 4 is 17.3 Å². The molecule has 0 unspecified atom stereocenters. The number of aromatic carboxylic acids is 1. The van der Waals surface area contributed by atoms with E-state index in [1.807, 2.05) is 0 Å². The Bertz CT molecular complexity index is 358. The standard InChI is InChI=1S/C9H12N2O2S/c1-6-8(9(12)13)14-7(10-6)5-11-3-2-4-11/h2-5H2,1H3,(H,12,13). The predicted octanol–water partition coefficient (Wildman–Crippen LogP) is 1.36. The van der Waals surface area contributed by atoms with E-state index in [1.54, 1.807) is 6.92 Å². The van der Waals surface area contributed by atoms with Crippen LogP contribution in [0.1, 0.15) is 26.8 Å². The number of carbonyl (C=O) groups is 1. The number of aromatic nitrogens is 1. The molecule has 0 bridgehead atoms. The van der Waals surface area contributed by atoms with E-state index < -0.39 is 5.97 Å². The van der Waals surface area contributed by atoms with Crippen molar-refractivity contribution in [3.63, 3.8) is 0 Å². The molecule has 0 radical (unpaired) electrons. The molecule has 76 valence electrons. The summed E-state index contributed by atoms with van der Waals surface area (Å²) in [5, 5.41) is 9.76. The van der Waals surface area contributed by atoms with Crippen LogP contribution in [0.4, 0.5) is 0 Å². The molecule has 2 heterocycles.